The molecule has 0 bridgehead atoms. The molecule has 21 heavy (non-hydrogen) atoms. The third-order valence-electron chi connectivity index (χ3n) is 2.81. The lowest BCUT2D eigenvalue weighted by Crippen LogP contribution is -2.36. The average molecular weight is 292 g/mol. The van der Waals surface area contributed by atoms with Crippen molar-refractivity contribution in [2.24, 2.45) is 0 Å². The zero-order chi connectivity index (χ0) is 15.5. The first-order valence-electron chi connectivity index (χ1n) is 7.01. The Bertz CT molecular complexity index is 449. The van der Waals surface area contributed by atoms with Gasteiger partial charge in [-0.05, 0) is 24.6 Å². The summed E-state index contributed by atoms with van der Waals surface area (Å²) in [5.41, 5.74) is 1.10. The second-order valence-corrected chi connectivity index (χ2v) is 4.61. The van der Waals surface area contributed by atoms with Crippen LogP contribution in [-0.2, 0) is 16.1 Å². The first kappa shape index (κ1) is 17.2. The Balaban J connectivity index is 2.47. The van der Waals surface area contributed by atoms with Crippen molar-refractivity contribution >= 4 is 5.91 Å². The highest BCUT2D eigenvalue weighted by molar-refractivity contribution is 5.80. The summed E-state index contributed by atoms with van der Waals surface area (Å²) in [5, 5.41) is 5.97. The molecule has 1 aromatic carbocycles. The Labute approximate surface area is 126 Å². The fourth-order valence-corrected chi connectivity index (χ4v) is 1.71. The zero-order valence-corrected chi connectivity index (χ0v) is 12.7. The molecular weight excluding hydrogens is 268 g/mol. The van der Waals surface area contributed by atoms with Gasteiger partial charge in [-0.3, -0.25) is 4.79 Å². The van der Waals surface area contributed by atoms with Crippen LogP contribution in [0, 0.1) is 0 Å². The van der Waals surface area contributed by atoms with Gasteiger partial charge in [0.2, 0.25) is 0 Å². The Morgan fingerprint density at radius 2 is 2.29 bits per heavy atom. The van der Waals surface area contributed by atoms with E-state index in [2.05, 4.69) is 17.2 Å². The minimum atomic E-state index is -0.540. The molecule has 0 aliphatic carbocycles. The van der Waals surface area contributed by atoms with E-state index >= 15 is 0 Å². The van der Waals surface area contributed by atoms with Gasteiger partial charge in [-0.25, -0.2) is 0 Å². The number of benzene rings is 1. The third kappa shape index (κ3) is 6.92. The molecule has 0 aliphatic heterocycles. The molecule has 5 heteroatoms. The topological polar surface area (TPSA) is 59.6 Å². The molecule has 0 aliphatic rings. The van der Waals surface area contributed by atoms with Gasteiger partial charge in [-0.2, -0.15) is 0 Å². The van der Waals surface area contributed by atoms with E-state index in [-0.39, 0.29) is 5.91 Å². The highest BCUT2D eigenvalue weighted by Gasteiger charge is 2.13. The van der Waals surface area contributed by atoms with Crippen LogP contribution < -0.4 is 15.4 Å². The van der Waals surface area contributed by atoms with Crippen LogP contribution in [0.5, 0.6) is 5.75 Å². The van der Waals surface area contributed by atoms with Crippen LogP contribution in [0.15, 0.2) is 36.9 Å². The molecule has 1 amide bonds. The minimum absolute atomic E-state index is 0.154. The lowest BCUT2D eigenvalue weighted by atomic mass is 10.2. The molecule has 1 aromatic rings. The summed E-state index contributed by atoms with van der Waals surface area (Å²) >= 11 is 0. The van der Waals surface area contributed by atoms with Gasteiger partial charge in [-0.15, -0.1) is 6.58 Å². The van der Waals surface area contributed by atoms with E-state index in [9.17, 15) is 4.79 Å². The van der Waals surface area contributed by atoms with Crippen molar-refractivity contribution in [1.29, 1.82) is 0 Å². The van der Waals surface area contributed by atoms with E-state index in [1.54, 1.807) is 20.1 Å². The van der Waals surface area contributed by atoms with E-state index in [0.717, 1.165) is 18.7 Å². The largest absolute Gasteiger partial charge is 0.481 e. The summed E-state index contributed by atoms with van der Waals surface area (Å²) in [4.78, 5) is 11.7. The number of hydrogen-bond donors (Lipinski definition) is 2. The van der Waals surface area contributed by atoms with Crippen LogP contribution in [0.1, 0.15) is 12.5 Å². The van der Waals surface area contributed by atoms with E-state index in [1.807, 2.05) is 24.3 Å². The fourth-order valence-electron chi connectivity index (χ4n) is 1.71. The molecule has 0 radical (unpaired) electrons. The van der Waals surface area contributed by atoms with Crippen molar-refractivity contribution < 1.29 is 14.3 Å². The van der Waals surface area contributed by atoms with Gasteiger partial charge in [-0.1, -0.05) is 18.2 Å². The van der Waals surface area contributed by atoms with Crippen LogP contribution in [0.4, 0.5) is 0 Å². The van der Waals surface area contributed by atoms with Gasteiger partial charge >= 0.3 is 0 Å². The Kier molecular flexibility index (Phi) is 8.16. The highest BCUT2D eigenvalue weighted by Crippen LogP contribution is 2.15. The molecule has 2 N–H and O–H groups in total. The van der Waals surface area contributed by atoms with E-state index in [0.29, 0.717) is 18.9 Å². The third-order valence-corrected chi connectivity index (χ3v) is 2.81. The number of amides is 1. The van der Waals surface area contributed by atoms with Crippen molar-refractivity contribution in [3.8, 4) is 5.75 Å². The molecule has 0 spiro atoms. The van der Waals surface area contributed by atoms with Gasteiger partial charge in [0.25, 0.3) is 5.91 Å². The minimum Gasteiger partial charge on any atom is -0.481 e. The molecule has 0 aromatic heterocycles. The van der Waals surface area contributed by atoms with E-state index in [4.69, 9.17) is 9.47 Å². The fraction of sp³-hybridized carbons (Fsp3) is 0.438. The normalized spacial score (nSPS) is 11.7. The maximum Gasteiger partial charge on any atom is 0.261 e. The van der Waals surface area contributed by atoms with Crippen LogP contribution >= 0.6 is 0 Å². The summed E-state index contributed by atoms with van der Waals surface area (Å²) in [6.45, 7) is 7.93. The molecule has 0 saturated heterocycles. The van der Waals surface area contributed by atoms with Crippen molar-refractivity contribution in [2.45, 2.75) is 19.6 Å². The number of ether oxygens (including phenoxy) is 2. The van der Waals surface area contributed by atoms with Crippen molar-refractivity contribution in [2.75, 3.05) is 26.8 Å². The highest BCUT2D eigenvalue weighted by atomic mass is 16.5. The molecule has 0 saturated carbocycles. The summed E-state index contributed by atoms with van der Waals surface area (Å²) < 4.78 is 10.6. The summed E-state index contributed by atoms with van der Waals surface area (Å²) in [7, 11) is 1.68. The molecule has 5 nitrogen and oxygen atoms in total. The van der Waals surface area contributed by atoms with Gasteiger partial charge in [0, 0.05) is 26.7 Å². The Morgan fingerprint density at radius 1 is 1.48 bits per heavy atom. The van der Waals surface area contributed by atoms with Crippen molar-refractivity contribution in [3.05, 3.63) is 42.5 Å². The number of carbonyl (C=O) groups is 1. The molecule has 116 valence electrons. The Morgan fingerprint density at radius 3 is 3.00 bits per heavy atom. The quantitative estimate of drug-likeness (QED) is 0.507. The summed E-state index contributed by atoms with van der Waals surface area (Å²) in [6, 6.07) is 7.69. The lowest BCUT2D eigenvalue weighted by Gasteiger charge is -2.15. The van der Waals surface area contributed by atoms with E-state index in [1.165, 1.54) is 0 Å². The monoisotopic (exact) mass is 292 g/mol. The van der Waals surface area contributed by atoms with E-state index < -0.39 is 6.10 Å². The van der Waals surface area contributed by atoms with Crippen LogP contribution in [-0.4, -0.2) is 38.8 Å². The number of nitrogens with one attached hydrogen (secondary N) is 2. The van der Waals surface area contributed by atoms with Crippen LogP contribution in [0.25, 0.3) is 0 Å². The van der Waals surface area contributed by atoms with Gasteiger partial charge in [0.05, 0.1) is 6.61 Å². The maximum atomic E-state index is 11.7. The number of methoxy groups -OCH3 is 1. The molecule has 0 heterocycles. The second-order valence-electron chi connectivity index (χ2n) is 4.61. The maximum absolute atomic E-state index is 11.7. The first-order valence-corrected chi connectivity index (χ1v) is 7.01. The Hall–Kier alpha value is -1.85. The number of rotatable bonds is 10. The second kappa shape index (κ2) is 9.96. The van der Waals surface area contributed by atoms with Gasteiger partial charge < -0.3 is 20.1 Å². The lowest BCUT2D eigenvalue weighted by molar-refractivity contribution is -0.127. The van der Waals surface area contributed by atoms with Crippen LogP contribution in [0.2, 0.25) is 0 Å². The summed E-state index contributed by atoms with van der Waals surface area (Å²) in [5.74, 6) is 0.529. The van der Waals surface area contributed by atoms with Gasteiger partial charge in [0.1, 0.15) is 5.75 Å². The van der Waals surface area contributed by atoms with Crippen LogP contribution in [0.3, 0.4) is 0 Å². The molecule has 0 fully saturated rings. The first-order chi connectivity index (χ1) is 10.2. The molecule has 1 rings (SSSR count). The summed E-state index contributed by atoms with van der Waals surface area (Å²) in [6.07, 6.45) is 1.10. The molecular formula is C16H24N2O3. The predicted octanol–water partition coefficient (Wildman–Crippen LogP) is 1.49. The SMILES string of the molecule is C=CCNC(=O)C(C)Oc1cccc(CNCCOC)c1. The zero-order valence-electron chi connectivity index (χ0n) is 12.7. The molecule has 1 unspecified atom stereocenters. The van der Waals surface area contributed by atoms with Crippen molar-refractivity contribution in [1.82, 2.24) is 10.6 Å². The average Bonchev–Trinajstić information content (AvgIpc) is 2.49. The molecule has 1 atom stereocenters. The smallest absolute Gasteiger partial charge is 0.261 e. The van der Waals surface area contributed by atoms with Gasteiger partial charge in [0.15, 0.2) is 6.10 Å². The standard InChI is InChI=1S/C16H24N2O3/c1-4-8-18-16(19)13(2)21-15-7-5-6-14(11-15)12-17-9-10-20-3/h4-7,11,13,17H,1,8-10,12H2,2-3H3,(H,18,19). The number of hydrogen-bond acceptors (Lipinski definition) is 4. The number of carbonyl (C=O) groups excluding carboxylic acids is 1. The van der Waals surface area contributed by atoms with Crippen molar-refractivity contribution in [3.63, 3.8) is 0 Å². The predicted molar refractivity (Wildman–Crippen MR) is 83.3 cm³/mol.